The molecule has 17 heavy (non-hydrogen) atoms. The van der Waals surface area contributed by atoms with E-state index in [-0.39, 0.29) is 5.46 Å². The summed E-state index contributed by atoms with van der Waals surface area (Å²) in [5.41, 5.74) is -0.181. The molecule has 1 aromatic heterocycles. The molecule has 6 heteroatoms. The van der Waals surface area contributed by atoms with Gasteiger partial charge in [0.05, 0.1) is 0 Å². The third-order valence-corrected chi connectivity index (χ3v) is 3.25. The Bertz CT molecular complexity index is 395. The molecule has 0 saturated carbocycles. The second-order valence-corrected chi connectivity index (χ2v) is 4.61. The second kappa shape index (κ2) is 5.02. The molecule has 1 fully saturated rings. The molecule has 0 radical (unpaired) electrons. The topological polar surface area (TPSA) is 56.6 Å². The third kappa shape index (κ3) is 2.76. The van der Waals surface area contributed by atoms with Gasteiger partial charge in [0.25, 0.3) is 0 Å². The number of nitrogens with zero attached hydrogens (tertiary/aromatic N) is 2. The van der Waals surface area contributed by atoms with Crippen molar-refractivity contribution in [2.45, 2.75) is 19.8 Å². The highest BCUT2D eigenvalue weighted by Gasteiger charge is 2.21. The molecule has 0 aromatic carbocycles. The van der Waals surface area contributed by atoms with Crippen molar-refractivity contribution < 1.29 is 14.4 Å². The molecule has 2 N–H and O–H groups in total. The van der Waals surface area contributed by atoms with E-state index in [0.717, 1.165) is 25.9 Å². The molecule has 1 saturated heterocycles. The van der Waals surface area contributed by atoms with Gasteiger partial charge in [-0.05, 0) is 18.8 Å². The number of piperidine rings is 1. The van der Waals surface area contributed by atoms with Crippen LogP contribution in [0.15, 0.2) is 12.3 Å². The van der Waals surface area contributed by atoms with Crippen molar-refractivity contribution in [1.82, 2.24) is 4.98 Å². The fourth-order valence-corrected chi connectivity index (χ4v) is 2.03. The highest BCUT2D eigenvalue weighted by molar-refractivity contribution is 6.58. The molecular weight excluding hydrogens is 222 g/mol. The first-order valence-electron chi connectivity index (χ1n) is 5.84. The van der Waals surface area contributed by atoms with E-state index in [1.807, 2.05) is 4.90 Å². The molecule has 1 aromatic rings. The summed E-state index contributed by atoms with van der Waals surface area (Å²) in [4.78, 5) is 6.10. The van der Waals surface area contributed by atoms with E-state index in [4.69, 9.17) is 10.0 Å². The Labute approximate surface area is 100 Å². The van der Waals surface area contributed by atoms with Crippen LogP contribution in [0.25, 0.3) is 0 Å². The standard InChI is InChI=1S/C11H16BFN2O2/c1-8-2-4-15(5-3-8)11-6-10(13)9(7-14-11)12(16)17/h6-8,16-17H,2-5H2,1H3. The molecule has 0 atom stereocenters. The zero-order valence-electron chi connectivity index (χ0n) is 9.80. The van der Waals surface area contributed by atoms with Crippen molar-refractivity contribution in [3.8, 4) is 0 Å². The summed E-state index contributed by atoms with van der Waals surface area (Å²) in [5.74, 6) is 0.650. The molecule has 4 nitrogen and oxygen atoms in total. The maximum atomic E-state index is 13.5. The molecule has 2 heterocycles. The highest BCUT2D eigenvalue weighted by Crippen LogP contribution is 2.21. The summed E-state index contributed by atoms with van der Waals surface area (Å²) in [7, 11) is -1.81. The van der Waals surface area contributed by atoms with Gasteiger partial charge in [-0.25, -0.2) is 9.37 Å². The molecule has 1 aliphatic heterocycles. The van der Waals surface area contributed by atoms with Gasteiger partial charge in [0.2, 0.25) is 0 Å². The van der Waals surface area contributed by atoms with Gasteiger partial charge in [-0.15, -0.1) is 0 Å². The third-order valence-electron chi connectivity index (χ3n) is 3.25. The minimum absolute atomic E-state index is 0.181. The van der Waals surface area contributed by atoms with Gasteiger partial charge >= 0.3 is 7.12 Å². The van der Waals surface area contributed by atoms with Crippen LogP contribution in [0.1, 0.15) is 19.8 Å². The van der Waals surface area contributed by atoms with E-state index in [9.17, 15) is 4.39 Å². The van der Waals surface area contributed by atoms with Crippen LogP contribution in [0, 0.1) is 11.7 Å². The number of pyridine rings is 1. The van der Waals surface area contributed by atoms with Gasteiger partial charge in [0, 0.05) is 30.8 Å². The number of aromatic nitrogens is 1. The van der Waals surface area contributed by atoms with Crippen molar-refractivity contribution in [1.29, 1.82) is 0 Å². The molecule has 0 aliphatic carbocycles. The first kappa shape index (κ1) is 12.3. The normalized spacial score (nSPS) is 17.3. The summed E-state index contributed by atoms with van der Waals surface area (Å²) in [6.45, 7) is 3.94. The minimum Gasteiger partial charge on any atom is -0.423 e. The molecule has 0 unspecified atom stereocenters. The Morgan fingerprint density at radius 3 is 2.59 bits per heavy atom. The first-order valence-corrected chi connectivity index (χ1v) is 5.84. The fraction of sp³-hybridized carbons (Fsp3) is 0.545. The molecule has 0 spiro atoms. The van der Waals surface area contributed by atoms with Crippen LogP contribution in [0.5, 0.6) is 0 Å². The number of anilines is 1. The van der Waals surface area contributed by atoms with E-state index in [1.54, 1.807) is 0 Å². The van der Waals surface area contributed by atoms with Crippen LogP contribution in [0.2, 0.25) is 0 Å². The zero-order valence-corrected chi connectivity index (χ0v) is 9.80. The molecule has 92 valence electrons. The fourth-order valence-electron chi connectivity index (χ4n) is 2.03. The number of hydrogen-bond donors (Lipinski definition) is 2. The second-order valence-electron chi connectivity index (χ2n) is 4.61. The van der Waals surface area contributed by atoms with Gasteiger partial charge in [0.1, 0.15) is 11.6 Å². The quantitative estimate of drug-likeness (QED) is 0.719. The molecule has 0 bridgehead atoms. The Morgan fingerprint density at radius 2 is 2.06 bits per heavy atom. The monoisotopic (exact) mass is 238 g/mol. The maximum Gasteiger partial charge on any atom is 0.493 e. The van der Waals surface area contributed by atoms with Crippen LogP contribution in [-0.4, -0.2) is 35.2 Å². The van der Waals surface area contributed by atoms with Crippen LogP contribution < -0.4 is 10.4 Å². The SMILES string of the molecule is CC1CCN(c2cc(F)c(B(O)O)cn2)CC1. The van der Waals surface area contributed by atoms with E-state index >= 15 is 0 Å². The first-order chi connectivity index (χ1) is 8.08. The largest absolute Gasteiger partial charge is 0.493 e. The van der Waals surface area contributed by atoms with Crippen LogP contribution in [0.4, 0.5) is 10.2 Å². The summed E-state index contributed by atoms with van der Waals surface area (Å²) in [6, 6.07) is 1.27. The molecular formula is C11H16BFN2O2. The highest BCUT2D eigenvalue weighted by atomic mass is 19.1. The van der Waals surface area contributed by atoms with Gasteiger partial charge in [-0.3, -0.25) is 0 Å². The van der Waals surface area contributed by atoms with Gasteiger partial charge < -0.3 is 14.9 Å². The summed E-state index contributed by atoms with van der Waals surface area (Å²) in [5, 5.41) is 17.8. The average Bonchev–Trinajstić information content (AvgIpc) is 2.29. The van der Waals surface area contributed by atoms with Gasteiger partial charge in [-0.2, -0.15) is 0 Å². The van der Waals surface area contributed by atoms with Crippen LogP contribution in [-0.2, 0) is 0 Å². The van der Waals surface area contributed by atoms with E-state index < -0.39 is 12.9 Å². The predicted octanol–water partition coefficient (Wildman–Crippen LogP) is 0.137. The van der Waals surface area contributed by atoms with Crippen molar-refractivity contribution in [3.05, 3.63) is 18.1 Å². The van der Waals surface area contributed by atoms with Crippen molar-refractivity contribution in [2.24, 2.45) is 5.92 Å². The van der Waals surface area contributed by atoms with Crippen molar-refractivity contribution in [2.75, 3.05) is 18.0 Å². The van der Waals surface area contributed by atoms with Gasteiger partial charge in [0.15, 0.2) is 0 Å². The Hall–Kier alpha value is -1.14. The molecule has 1 aliphatic rings. The predicted molar refractivity (Wildman–Crippen MR) is 64.6 cm³/mol. The van der Waals surface area contributed by atoms with Gasteiger partial charge in [-0.1, -0.05) is 6.92 Å². The summed E-state index contributed by atoms with van der Waals surface area (Å²) >= 11 is 0. The maximum absolute atomic E-state index is 13.5. The minimum atomic E-state index is -1.81. The van der Waals surface area contributed by atoms with E-state index in [0.29, 0.717) is 11.7 Å². The lowest BCUT2D eigenvalue weighted by Gasteiger charge is -2.31. The Morgan fingerprint density at radius 1 is 1.41 bits per heavy atom. The van der Waals surface area contributed by atoms with E-state index in [1.165, 1.54) is 12.3 Å². The van der Waals surface area contributed by atoms with Crippen molar-refractivity contribution in [3.63, 3.8) is 0 Å². The summed E-state index contributed by atoms with van der Waals surface area (Å²) in [6.07, 6.45) is 3.34. The van der Waals surface area contributed by atoms with Crippen LogP contribution >= 0.6 is 0 Å². The number of halogens is 1. The lowest BCUT2D eigenvalue weighted by atomic mass is 9.81. The number of rotatable bonds is 2. The van der Waals surface area contributed by atoms with Crippen molar-refractivity contribution >= 4 is 18.4 Å². The Kier molecular flexibility index (Phi) is 3.64. The smallest absolute Gasteiger partial charge is 0.423 e. The average molecular weight is 238 g/mol. The Balaban J connectivity index is 2.14. The number of hydrogen-bond acceptors (Lipinski definition) is 4. The zero-order chi connectivity index (χ0) is 12.4. The lowest BCUT2D eigenvalue weighted by molar-refractivity contribution is 0.422. The lowest BCUT2D eigenvalue weighted by Crippen LogP contribution is -2.36. The molecule has 0 amide bonds. The molecule has 2 rings (SSSR count). The van der Waals surface area contributed by atoms with E-state index in [2.05, 4.69) is 11.9 Å². The van der Waals surface area contributed by atoms with Crippen LogP contribution in [0.3, 0.4) is 0 Å². The summed E-state index contributed by atoms with van der Waals surface area (Å²) < 4.78 is 13.5.